The van der Waals surface area contributed by atoms with E-state index in [1.54, 1.807) is 6.92 Å². The summed E-state index contributed by atoms with van der Waals surface area (Å²) in [5, 5.41) is 9.04. The van der Waals surface area contributed by atoms with Gasteiger partial charge in [0.05, 0.1) is 9.90 Å². The Bertz CT molecular complexity index is 815. The van der Waals surface area contributed by atoms with Crippen LogP contribution in [0, 0.1) is 6.92 Å². The van der Waals surface area contributed by atoms with Gasteiger partial charge in [-0.3, -0.25) is 4.72 Å². The van der Waals surface area contributed by atoms with Gasteiger partial charge in [-0.05, 0) is 30.7 Å². The van der Waals surface area contributed by atoms with E-state index in [2.05, 4.69) is 4.72 Å². The van der Waals surface area contributed by atoms with Gasteiger partial charge in [0.1, 0.15) is 9.23 Å². The fourth-order valence-electron chi connectivity index (χ4n) is 1.63. The lowest BCUT2D eigenvalue weighted by Gasteiger charge is -2.09. The van der Waals surface area contributed by atoms with Gasteiger partial charge in [-0.2, -0.15) is 0 Å². The van der Waals surface area contributed by atoms with Gasteiger partial charge in [0.2, 0.25) is 0 Å². The van der Waals surface area contributed by atoms with Crippen LogP contribution in [0.5, 0.6) is 0 Å². The fourth-order valence-corrected chi connectivity index (χ4v) is 4.83. The van der Waals surface area contributed by atoms with Gasteiger partial charge >= 0.3 is 5.97 Å². The predicted molar refractivity (Wildman–Crippen MR) is 83.3 cm³/mol. The molecular weight excluding hydrogens is 357 g/mol. The van der Waals surface area contributed by atoms with Crippen molar-refractivity contribution in [3.63, 3.8) is 0 Å². The van der Waals surface area contributed by atoms with Gasteiger partial charge in [0.25, 0.3) is 10.0 Å². The first-order valence-electron chi connectivity index (χ1n) is 5.52. The Labute approximate surface area is 135 Å². The summed E-state index contributed by atoms with van der Waals surface area (Å²) in [6.07, 6.45) is 0. The molecule has 9 heteroatoms. The van der Waals surface area contributed by atoms with Crippen molar-refractivity contribution in [3.05, 3.63) is 44.1 Å². The van der Waals surface area contributed by atoms with Gasteiger partial charge in [0.15, 0.2) is 0 Å². The molecule has 0 saturated carbocycles. The molecule has 0 aliphatic heterocycles. The van der Waals surface area contributed by atoms with Crippen LogP contribution in [0.2, 0.25) is 8.67 Å². The Kier molecular flexibility index (Phi) is 4.48. The maximum absolute atomic E-state index is 12.2. The number of carboxylic acid groups (broad SMARTS) is 1. The second-order valence-electron chi connectivity index (χ2n) is 4.13. The van der Waals surface area contributed by atoms with Gasteiger partial charge in [-0.15, -0.1) is 11.3 Å². The summed E-state index contributed by atoms with van der Waals surface area (Å²) < 4.78 is 27.0. The molecule has 1 aromatic carbocycles. The normalized spacial score (nSPS) is 11.4. The quantitative estimate of drug-likeness (QED) is 0.861. The first-order chi connectivity index (χ1) is 9.70. The highest BCUT2D eigenvalue weighted by Gasteiger charge is 2.21. The zero-order valence-electron chi connectivity index (χ0n) is 10.6. The van der Waals surface area contributed by atoms with Gasteiger partial charge in [-0.25, -0.2) is 13.2 Å². The molecule has 0 saturated heterocycles. The minimum atomic E-state index is -3.93. The highest BCUT2D eigenvalue weighted by atomic mass is 35.5. The number of carboxylic acids is 1. The van der Waals surface area contributed by atoms with Crippen molar-refractivity contribution >= 4 is 56.2 Å². The molecule has 0 bridgehead atoms. The summed E-state index contributed by atoms with van der Waals surface area (Å²) in [5.74, 6) is -1.13. The van der Waals surface area contributed by atoms with E-state index in [0.717, 1.165) is 11.3 Å². The lowest BCUT2D eigenvalue weighted by Crippen LogP contribution is -2.13. The van der Waals surface area contributed by atoms with E-state index >= 15 is 0 Å². The number of halogens is 2. The second kappa shape index (κ2) is 5.84. The lowest BCUT2D eigenvalue weighted by atomic mass is 10.1. The number of carbonyl (C=O) groups is 1. The molecule has 0 unspecified atom stereocenters. The molecule has 21 heavy (non-hydrogen) atoms. The van der Waals surface area contributed by atoms with Crippen molar-refractivity contribution in [2.24, 2.45) is 0 Å². The van der Waals surface area contributed by atoms with E-state index in [1.807, 2.05) is 0 Å². The van der Waals surface area contributed by atoms with E-state index < -0.39 is 16.0 Å². The number of nitrogens with one attached hydrogen (secondary N) is 1. The standard InChI is InChI=1S/C12H9Cl2NO4S2/c1-6-2-3-7(4-8(6)12(16)17)15-21(18,19)9-5-10(13)20-11(9)14/h2-5,15H,1H3,(H,16,17). The van der Waals surface area contributed by atoms with E-state index in [0.29, 0.717) is 5.56 Å². The van der Waals surface area contributed by atoms with Crippen molar-refractivity contribution in [1.82, 2.24) is 0 Å². The first kappa shape index (κ1) is 16.1. The molecule has 1 heterocycles. The number of benzene rings is 1. The Hall–Kier alpha value is -1.28. The van der Waals surface area contributed by atoms with Crippen LogP contribution in [0.15, 0.2) is 29.2 Å². The molecule has 0 spiro atoms. The zero-order valence-corrected chi connectivity index (χ0v) is 13.7. The highest BCUT2D eigenvalue weighted by molar-refractivity contribution is 7.93. The van der Waals surface area contributed by atoms with E-state index in [9.17, 15) is 13.2 Å². The molecule has 0 aliphatic rings. The van der Waals surface area contributed by atoms with Crippen LogP contribution in [0.4, 0.5) is 5.69 Å². The largest absolute Gasteiger partial charge is 0.478 e. The van der Waals surface area contributed by atoms with Crippen molar-refractivity contribution in [2.75, 3.05) is 4.72 Å². The lowest BCUT2D eigenvalue weighted by molar-refractivity contribution is 0.0696. The second-order valence-corrected chi connectivity index (χ2v) is 8.07. The molecule has 2 aromatic rings. The molecule has 0 amide bonds. The van der Waals surface area contributed by atoms with E-state index in [-0.39, 0.29) is 24.8 Å². The third-order valence-electron chi connectivity index (χ3n) is 2.64. The number of thiophene rings is 1. The Morgan fingerprint density at radius 2 is 1.95 bits per heavy atom. The summed E-state index contributed by atoms with van der Waals surface area (Å²) in [6.45, 7) is 1.62. The van der Waals surface area contributed by atoms with Crippen molar-refractivity contribution in [2.45, 2.75) is 11.8 Å². The van der Waals surface area contributed by atoms with Crippen LogP contribution < -0.4 is 4.72 Å². The number of anilines is 1. The van der Waals surface area contributed by atoms with Crippen LogP contribution >= 0.6 is 34.5 Å². The molecule has 5 nitrogen and oxygen atoms in total. The number of aryl methyl sites for hydroxylation is 1. The van der Waals surface area contributed by atoms with Crippen molar-refractivity contribution < 1.29 is 18.3 Å². The number of hydrogen-bond acceptors (Lipinski definition) is 4. The SMILES string of the molecule is Cc1ccc(NS(=O)(=O)c2cc(Cl)sc2Cl)cc1C(=O)O. The molecule has 0 fully saturated rings. The number of hydrogen-bond donors (Lipinski definition) is 2. The van der Waals surface area contributed by atoms with Crippen LogP contribution in [0.25, 0.3) is 0 Å². The van der Waals surface area contributed by atoms with Crippen LogP contribution in [0.1, 0.15) is 15.9 Å². The minimum absolute atomic E-state index is 0.0182. The number of sulfonamides is 1. The molecular formula is C12H9Cl2NO4S2. The van der Waals surface area contributed by atoms with E-state index in [4.69, 9.17) is 28.3 Å². The van der Waals surface area contributed by atoms with Gasteiger partial charge < -0.3 is 5.11 Å². The zero-order chi connectivity index (χ0) is 15.8. The summed E-state index contributed by atoms with van der Waals surface area (Å²) in [7, 11) is -3.93. The van der Waals surface area contributed by atoms with Crippen molar-refractivity contribution in [1.29, 1.82) is 0 Å². The first-order valence-corrected chi connectivity index (χ1v) is 8.58. The monoisotopic (exact) mass is 365 g/mol. The summed E-state index contributed by atoms with van der Waals surface area (Å²) in [6, 6.07) is 5.48. The van der Waals surface area contributed by atoms with Crippen LogP contribution in [-0.4, -0.2) is 19.5 Å². The average molecular weight is 366 g/mol. The van der Waals surface area contributed by atoms with Crippen LogP contribution in [0.3, 0.4) is 0 Å². The summed E-state index contributed by atoms with van der Waals surface area (Å²) in [4.78, 5) is 10.9. The van der Waals surface area contributed by atoms with Gasteiger partial charge in [0, 0.05) is 5.69 Å². The topological polar surface area (TPSA) is 83.5 Å². The molecule has 1 aromatic heterocycles. The maximum Gasteiger partial charge on any atom is 0.336 e. The third kappa shape index (κ3) is 3.49. The minimum Gasteiger partial charge on any atom is -0.478 e. The fraction of sp³-hybridized carbons (Fsp3) is 0.0833. The highest BCUT2D eigenvalue weighted by Crippen LogP contribution is 2.35. The summed E-state index contributed by atoms with van der Waals surface area (Å²) >= 11 is 12.5. The molecule has 0 aliphatic carbocycles. The molecule has 112 valence electrons. The smallest absolute Gasteiger partial charge is 0.336 e. The molecule has 0 radical (unpaired) electrons. The molecule has 2 rings (SSSR count). The molecule has 2 N–H and O–H groups in total. The Morgan fingerprint density at radius 3 is 2.48 bits per heavy atom. The van der Waals surface area contributed by atoms with Gasteiger partial charge in [-0.1, -0.05) is 29.3 Å². The average Bonchev–Trinajstić information content (AvgIpc) is 2.71. The Balaban J connectivity index is 2.40. The number of rotatable bonds is 4. The maximum atomic E-state index is 12.2. The number of aromatic carboxylic acids is 1. The predicted octanol–water partition coefficient (Wildman–Crippen LogP) is 3.86. The third-order valence-corrected chi connectivity index (χ3v) is 5.77. The van der Waals surface area contributed by atoms with Crippen LogP contribution in [-0.2, 0) is 10.0 Å². The van der Waals surface area contributed by atoms with E-state index in [1.165, 1.54) is 24.3 Å². The molecule has 0 atom stereocenters. The summed E-state index contributed by atoms with van der Waals surface area (Å²) in [5.41, 5.74) is 0.683. The Morgan fingerprint density at radius 1 is 1.29 bits per heavy atom. The van der Waals surface area contributed by atoms with Crippen molar-refractivity contribution in [3.8, 4) is 0 Å².